The van der Waals surface area contributed by atoms with Crippen LogP contribution in [-0.4, -0.2) is 42.0 Å². The van der Waals surface area contributed by atoms with E-state index in [-0.39, 0.29) is 18.0 Å². The van der Waals surface area contributed by atoms with Gasteiger partial charge in [0.15, 0.2) is 0 Å². The van der Waals surface area contributed by atoms with Crippen LogP contribution in [-0.2, 0) is 24.1 Å². The van der Waals surface area contributed by atoms with E-state index in [4.69, 9.17) is 5.73 Å². The lowest BCUT2D eigenvalue weighted by molar-refractivity contribution is -0.136. The second-order valence-electron chi connectivity index (χ2n) is 8.43. The Kier molecular flexibility index (Phi) is 7.13. The molecular formula is C27H31N3O. The van der Waals surface area contributed by atoms with E-state index in [1.807, 2.05) is 47.4 Å². The third kappa shape index (κ3) is 5.81. The van der Waals surface area contributed by atoms with E-state index in [1.54, 1.807) is 0 Å². The number of carbonyl (C=O) groups excluding carboxylic acids is 1. The highest BCUT2D eigenvalue weighted by Crippen LogP contribution is 2.17. The zero-order chi connectivity index (χ0) is 21.5. The van der Waals surface area contributed by atoms with Gasteiger partial charge in [0, 0.05) is 25.2 Å². The van der Waals surface area contributed by atoms with Gasteiger partial charge in [0.1, 0.15) is 0 Å². The van der Waals surface area contributed by atoms with Crippen molar-refractivity contribution in [1.82, 2.24) is 10.2 Å². The molecular weight excluding hydrogens is 382 g/mol. The Morgan fingerprint density at radius 2 is 1.35 bits per heavy atom. The fourth-order valence-corrected chi connectivity index (χ4v) is 4.41. The summed E-state index contributed by atoms with van der Waals surface area (Å²) in [4.78, 5) is 15.5. The maximum Gasteiger partial charge on any atom is 0.240 e. The molecule has 1 aliphatic rings. The summed E-state index contributed by atoms with van der Waals surface area (Å²) in [7, 11) is 0. The third-order valence-corrected chi connectivity index (χ3v) is 6.04. The molecule has 1 fully saturated rings. The van der Waals surface area contributed by atoms with E-state index < -0.39 is 6.04 Å². The molecule has 0 spiro atoms. The summed E-state index contributed by atoms with van der Waals surface area (Å²) in [5.74, 6) is 0.0457. The van der Waals surface area contributed by atoms with Crippen LogP contribution in [0.4, 0.5) is 0 Å². The van der Waals surface area contributed by atoms with Crippen molar-refractivity contribution in [3.63, 3.8) is 0 Å². The van der Waals surface area contributed by atoms with Crippen LogP contribution in [0.25, 0.3) is 0 Å². The zero-order valence-corrected chi connectivity index (χ0v) is 17.9. The van der Waals surface area contributed by atoms with E-state index in [9.17, 15) is 4.79 Å². The molecule has 1 heterocycles. The van der Waals surface area contributed by atoms with Crippen LogP contribution < -0.4 is 11.1 Å². The van der Waals surface area contributed by atoms with Crippen LogP contribution in [0.1, 0.15) is 16.7 Å². The van der Waals surface area contributed by atoms with Crippen molar-refractivity contribution in [3.05, 3.63) is 108 Å². The summed E-state index contributed by atoms with van der Waals surface area (Å²) in [5.41, 5.74) is 10.0. The van der Waals surface area contributed by atoms with E-state index in [0.717, 1.165) is 24.9 Å². The fraction of sp³-hybridized carbons (Fsp3) is 0.296. The number of rotatable bonds is 7. The van der Waals surface area contributed by atoms with Crippen molar-refractivity contribution in [1.29, 1.82) is 0 Å². The minimum absolute atomic E-state index is 0.0457. The smallest absolute Gasteiger partial charge is 0.240 e. The first kappa shape index (κ1) is 21.3. The predicted molar refractivity (Wildman–Crippen MR) is 126 cm³/mol. The van der Waals surface area contributed by atoms with Gasteiger partial charge in [-0.3, -0.25) is 4.79 Å². The largest absolute Gasteiger partial charge is 0.335 e. The minimum Gasteiger partial charge on any atom is -0.335 e. The van der Waals surface area contributed by atoms with Gasteiger partial charge in [-0.1, -0.05) is 91.0 Å². The van der Waals surface area contributed by atoms with Gasteiger partial charge < -0.3 is 16.0 Å². The Morgan fingerprint density at radius 1 is 0.839 bits per heavy atom. The molecule has 1 saturated heterocycles. The van der Waals surface area contributed by atoms with Crippen LogP contribution in [0, 0.1) is 0 Å². The molecule has 1 amide bonds. The molecule has 160 valence electrons. The molecule has 31 heavy (non-hydrogen) atoms. The third-order valence-electron chi connectivity index (χ3n) is 6.04. The van der Waals surface area contributed by atoms with E-state index in [0.29, 0.717) is 13.0 Å². The Morgan fingerprint density at radius 3 is 1.94 bits per heavy atom. The molecule has 4 rings (SSSR count). The van der Waals surface area contributed by atoms with Gasteiger partial charge >= 0.3 is 0 Å². The SMILES string of the molecule is N[C@@H](Cc1ccccc1)C(=O)N1C[C@@H](Cc2ccccc2)NC[C@@H]1Cc1ccccc1. The summed E-state index contributed by atoms with van der Waals surface area (Å²) in [6.45, 7) is 1.45. The average Bonchev–Trinajstić information content (AvgIpc) is 2.81. The number of carbonyl (C=O) groups is 1. The Labute approximate surface area is 185 Å². The van der Waals surface area contributed by atoms with Crippen molar-refractivity contribution in [3.8, 4) is 0 Å². The van der Waals surface area contributed by atoms with Crippen LogP contribution in [0.2, 0.25) is 0 Å². The molecule has 0 bridgehead atoms. The molecule has 3 aromatic rings. The summed E-state index contributed by atoms with van der Waals surface area (Å²) in [6.07, 6.45) is 2.29. The molecule has 0 radical (unpaired) electrons. The predicted octanol–water partition coefficient (Wildman–Crippen LogP) is 3.21. The number of amides is 1. The molecule has 1 aliphatic heterocycles. The summed E-state index contributed by atoms with van der Waals surface area (Å²) in [5, 5.41) is 3.68. The highest BCUT2D eigenvalue weighted by Gasteiger charge is 2.33. The highest BCUT2D eigenvalue weighted by atomic mass is 16.2. The van der Waals surface area contributed by atoms with Gasteiger partial charge in [0.2, 0.25) is 5.91 Å². The van der Waals surface area contributed by atoms with E-state index >= 15 is 0 Å². The van der Waals surface area contributed by atoms with Gasteiger partial charge in [-0.25, -0.2) is 0 Å². The first-order chi connectivity index (χ1) is 15.2. The second kappa shape index (κ2) is 10.4. The summed E-state index contributed by atoms with van der Waals surface area (Å²) >= 11 is 0. The molecule has 3 aromatic carbocycles. The molecule has 0 aromatic heterocycles. The molecule has 4 nitrogen and oxygen atoms in total. The molecule has 0 unspecified atom stereocenters. The Bertz CT molecular complexity index is 946. The van der Waals surface area contributed by atoms with Crippen LogP contribution >= 0.6 is 0 Å². The maximum absolute atomic E-state index is 13.5. The average molecular weight is 414 g/mol. The Balaban J connectivity index is 1.49. The lowest BCUT2D eigenvalue weighted by atomic mass is 9.96. The maximum atomic E-state index is 13.5. The van der Waals surface area contributed by atoms with Crippen LogP contribution in [0.15, 0.2) is 91.0 Å². The molecule has 0 saturated carbocycles. The molecule has 3 atom stereocenters. The van der Waals surface area contributed by atoms with Gasteiger partial charge in [0.25, 0.3) is 0 Å². The minimum atomic E-state index is -0.531. The first-order valence-corrected chi connectivity index (χ1v) is 11.1. The lowest BCUT2D eigenvalue weighted by Gasteiger charge is -2.42. The van der Waals surface area contributed by atoms with Crippen molar-refractivity contribution in [2.45, 2.75) is 37.4 Å². The number of nitrogens with one attached hydrogen (secondary N) is 1. The molecule has 3 N–H and O–H groups in total. The van der Waals surface area contributed by atoms with Gasteiger partial charge in [0.05, 0.1) is 6.04 Å². The van der Waals surface area contributed by atoms with Crippen molar-refractivity contribution < 1.29 is 4.79 Å². The van der Waals surface area contributed by atoms with Crippen molar-refractivity contribution in [2.24, 2.45) is 5.73 Å². The van der Waals surface area contributed by atoms with Crippen LogP contribution in [0.3, 0.4) is 0 Å². The number of hydrogen-bond donors (Lipinski definition) is 2. The zero-order valence-electron chi connectivity index (χ0n) is 17.9. The van der Waals surface area contributed by atoms with Gasteiger partial charge in [-0.2, -0.15) is 0 Å². The Hall–Kier alpha value is -2.95. The van der Waals surface area contributed by atoms with Gasteiger partial charge in [-0.05, 0) is 36.0 Å². The number of piperazine rings is 1. The molecule has 0 aliphatic carbocycles. The summed E-state index contributed by atoms with van der Waals surface area (Å²) < 4.78 is 0. The number of nitrogens with two attached hydrogens (primary N) is 1. The van der Waals surface area contributed by atoms with Gasteiger partial charge in [-0.15, -0.1) is 0 Å². The van der Waals surface area contributed by atoms with E-state index in [1.165, 1.54) is 11.1 Å². The summed E-state index contributed by atoms with van der Waals surface area (Å²) in [6, 6.07) is 30.7. The van der Waals surface area contributed by atoms with E-state index in [2.05, 4.69) is 53.8 Å². The topological polar surface area (TPSA) is 58.4 Å². The number of benzene rings is 3. The quantitative estimate of drug-likeness (QED) is 0.625. The number of hydrogen-bond acceptors (Lipinski definition) is 3. The van der Waals surface area contributed by atoms with Crippen molar-refractivity contribution in [2.75, 3.05) is 13.1 Å². The standard InChI is InChI=1S/C27H31N3O/c28-26(18-23-14-8-3-9-15-23)27(31)30-20-24(16-21-10-4-1-5-11-21)29-19-25(30)17-22-12-6-2-7-13-22/h1-15,24-26,29H,16-20,28H2/t24-,25+,26+/m1/s1. The first-order valence-electron chi connectivity index (χ1n) is 11.1. The normalized spacial score (nSPS) is 19.7. The highest BCUT2D eigenvalue weighted by molar-refractivity contribution is 5.82. The monoisotopic (exact) mass is 413 g/mol. The van der Waals surface area contributed by atoms with Crippen molar-refractivity contribution >= 4 is 5.91 Å². The van der Waals surface area contributed by atoms with Crippen LogP contribution in [0.5, 0.6) is 0 Å². The number of nitrogens with zero attached hydrogens (tertiary/aromatic N) is 1. The molecule has 4 heteroatoms. The lowest BCUT2D eigenvalue weighted by Crippen LogP contribution is -2.62. The second-order valence-corrected chi connectivity index (χ2v) is 8.43. The fourth-order valence-electron chi connectivity index (χ4n) is 4.41.